The van der Waals surface area contributed by atoms with Crippen molar-refractivity contribution in [2.24, 2.45) is 0 Å². The molecule has 144 valence electrons. The summed E-state index contributed by atoms with van der Waals surface area (Å²) in [5.74, 6) is -0.511. The molecule has 1 aromatic heterocycles. The van der Waals surface area contributed by atoms with Gasteiger partial charge in [-0.1, -0.05) is 18.2 Å². The van der Waals surface area contributed by atoms with Gasteiger partial charge in [0.1, 0.15) is 0 Å². The van der Waals surface area contributed by atoms with Crippen LogP contribution in [0.5, 0.6) is 0 Å². The lowest BCUT2D eigenvalue weighted by atomic mass is 10.1. The number of aryl methyl sites for hydroxylation is 1. The second kappa shape index (κ2) is 8.52. The number of ether oxygens (including phenoxy) is 1. The Balaban J connectivity index is 1.70. The van der Waals surface area contributed by atoms with Gasteiger partial charge in [0.15, 0.2) is 0 Å². The van der Waals surface area contributed by atoms with E-state index in [-0.39, 0.29) is 18.3 Å². The summed E-state index contributed by atoms with van der Waals surface area (Å²) in [6.07, 6.45) is 0.226. The molecule has 0 aliphatic rings. The molecule has 0 fully saturated rings. The zero-order valence-corrected chi connectivity index (χ0v) is 16.2. The Morgan fingerprint density at radius 2 is 1.71 bits per heavy atom. The Morgan fingerprint density at radius 3 is 2.36 bits per heavy atom. The number of benzene rings is 2. The summed E-state index contributed by atoms with van der Waals surface area (Å²) in [6.45, 7) is 5.95. The van der Waals surface area contributed by atoms with E-state index in [0.29, 0.717) is 17.9 Å². The molecule has 0 atom stereocenters. The number of rotatable bonds is 6. The van der Waals surface area contributed by atoms with Gasteiger partial charge >= 0.3 is 5.97 Å². The molecule has 3 rings (SSSR count). The van der Waals surface area contributed by atoms with Crippen LogP contribution in [-0.2, 0) is 16.0 Å². The lowest BCUT2D eigenvalue weighted by Crippen LogP contribution is -2.15. The summed E-state index contributed by atoms with van der Waals surface area (Å²) in [4.78, 5) is 24.2. The largest absolute Gasteiger partial charge is 0.462 e. The van der Waals surface area contributed by atoms with E-state index in [0.717, 1.165) is 22.6 Å². The van der Waals surface area contributed by atoms with Crippen LogP contribution < -0.4 is 5.32 Å². The van der Waals surface area contributed by atoms with Gasteiger partial charge in [-0.05, 0) is 57.2 Å². The Labute approximate surface area is 164 Å². The molecule has 0 unspecified atom stereocenters. The first-order valence-electron chi connectivity index (χ1n) is 9.17. The Kier molecular flexibility index (Phi) is 5.89. The van der Waals surface area contributed by atoms with E-state index < -0.39 is 0 Å². The summed E-state index contributed by atoms with van der Waals surface area (Å²) in [7, 11) is 0. The average Bonchev–Trinajstić information content (AvgIpc) is 2.97. The third kappa shape index (κ3) is 4.28. The fraction of sp³-hybridized carbons (Fsp3) is 0.227. The SMILES string of the molecule is CCOC(=O)c1ccc(NC(=O)Cc2c(C)nn(-c3ccccc3)c2C)cc1. The summed E-state index contributed by atoms with van der Waals surface area (Å²) in [5.41, 5.74) is 4.72. The molecule has 6 nitrogen and oxygen atoms in total. The van der Waals surface area contributed by atoms with Gasteiger partial charge in [-0.15, -0.1) is 0 Å². The molecule has 1 heterocycles. The van der Waals surface area contributed by atoms with E-state index >= 15 is 0 Å². The van der Waals surface area contributed by atoms with Crippen molar-refractivity contribution in [2.45, 2.75) is 27.2 Å². The van der Waals surface area contributed by atoms with Crippen molar-refractivity contribution in [2.75, 3.05) is 11.9 Å². The molecule has 0 saturated heterocycles. The van der Waals surface area contributed by atoms with Crippen LogP contribution in [-0.4, -0.2) is 28.3 Å². The highest BCUT2D eigenvalue weighted by Gasteiger charge is 2.16. The van der Waals surface area contributed by atoms with Crippen LogP contribution in [0.15, 0.2) is 54.6 Å². The number of aromatic nitrogens is 2. The summed E-state index contributed by atoms with van der Waals surface area (Å²) >= 11 is 0. The molecule has 0 aliphatic heterocycles. The fourth-order valence-electron chi connectivity index (χ4n) is 3.02. The van der Waals surface area contributed by atoms with Crippen LogP contribution in [0.2, 0.25) is 0 Å². The molecular weight excluding hydrogens is 354 g/mol. The standard InChI is InChI=1S/C22H23N3O3/c1-4-28-22(27)17-10-12-18(13-11-17)23-21(26)14-20-15(2)24-25(16(20)3)19-8-6-5-7-9-19/h5-13H,4,14H2,1-3H3,(H,23,26). The molecule has 28 heavy (non-hydrogen) atoms. The van der Waals surface area contributed by atoms with Gasteiger partial charge in [0.05, 0.1) is 30.0 Å². The number of anilines is 1. The van der Waals surface area contributed by atoms with Crippen molar-refractivity contribution >= 4 is 17.6 Å². The minimum absolute atomic E-state index is 0.136. The second-order valence-electron chi connectivity index (χ2n) is 6.42. The molecule has 0 aliphatic carbocycles. The van der Waals surface area contributed by atoms with Gasteiger partial charge in [-0.3, -0.25) is 4.79 Å². The van der Waals surface area contributed by atoms with Crippen LogP contribution in [0.25, 0.3) is 5.69 Å². The first kappa shape index (κ1) is 19.4. The van der Waals surface area contributed by atoms with Gasteiger partial charge in [-0.25, -0.2) is 9.48 Å². The van der Waals surface area contributed by atoms with Gasteiger partial charge in [0.2, 0.25) is 5.91 Å². The average molecular weight is 377 g/mol. The monoisotopic (exact) mass is 377 g/mol. The number of carbonyl (C=O) groups is 2. The number of esters is 1. The molecule has 0 bridgehead atoms. The van der Waals surface area contributed by atoms with Gasteiger partial charge in [0, 0.05) is 16.9 Å². The van der Waals surface area contributed by atoms with Crippen LogP contribution in [0.1, 0.15) is 34.2 Å². The first-order valence-corrected chi connectivity index (χ1v) is 9.17. The molecule has 1 N–H and O–H groups in total. The van der Waals surface area contributed by atoms with E-state index in [2.05, 4.69) is 10.4 Å². The predicted molar refractivity (Wildman–Crippen MR) is 108 cm³/mol. The maximum Gasteiger partial charge on any atom is 0.338 e. The number of para-hydroxylation sites is 1. The number of carbonyl (C=O) groups excluding carboxylic acids is 2. The lowest BCUT2D eigenvalue weighted by molar-refractivity contribution is -0.115. The number of amides is 1. The second-order valence-corrected chi connectivity index (χ2v) is 6.42. The van der Waals surface area contributed by atoms with Gasteiger partial charge in [-0.2, -0.15) is 5.10 Å². The zero-order valence-electron chi connectivity index (χ0n) is 16.2. The molecule has 0 saturated carbocycles. The third-order valence-corrected chi connectivity index (χ3v) is 4.46. The van der Waals surface area contributed by atoms with Crippen LogP contribution >= 0.6 is 0 Å². The van der Waals surface area contributed by atoms with Crippen molar-refractivity contribution in [1.29, 1.82) is 0 Å². The molecule has 1 amide bonds. The van der Waals surface area contributed by atoms with E-state index in [1.807, 2.05) is 48.9 Å². The quantitative estimate of drug-likeness (QED) is 0.662. The Hall–Kier alpha value is -3.41. The van der Waals surface area contributed by atoms with Crippen LogP contribution in [0, 0.1) is 13.8 Å². The highest BCUT2D eigenvalue weighted by molar-refractivity contribution is 5.94. The van der Waals surface area contributed by atoms with E-state index in [9.17, 15) is 9.59 Å². The highest BCUT2D eigenvalue weighted by atomic mass is 16.5. The molecule has 0 spiro atoms. The first-order chi connectivity index (χ1) is 13.5. The molecule has 2 aromatic carbocycles. The lowest BCUT2D eigenvalue weighted by Gasteiger charge is -2.08. The zero-order chi connectivity index (χ0) is 20.1. The van der Waals surface area contributed by atoms with Crippen molar-refractivity contribution in [3.8, 4) is 5.69 Å². The Morgan fingerprint density at radius 1 is 1.04 bits per heavy atom. The van der Waals surface area contributed by atoms with Crippen molar-refractivity contribution < 1.29 is 14.3 Å². The molecule has 0 radical (unpaired) electrons. The van der Waals surface area contributed by atoms with E-state index in [1.165, 1.54) is 0 Å². The summed E-state index contributed by atoms with van der Waals surface area (Å²) in [5, 5.41) is 7.44. The maximum absolute atomic E-state index is 12.5. The number of hydrogen-bond donors (Lipinski definition) is 1. The minimum Gasteiger partial charge on any atom is -0.462 e. The van der Waals surface area contributed by atoms with Gasteiger partial charge < -0.3 is 10.1 Å². The number of nitrogens with one attached hydrogen (secondary N) is 1. The van der Waals surface area contributed by atoms with Crippen molar-refractivity contribution in [1.82, 2.24) is 9.78 Å². The highest BCUT2D eigenvalue weighted by Crippen LogP contribution is 2.19. The molecular formula is C22H23N3O3. The Bertz CT molecular complexity index is 976. The maximum atomic E-state index is 12.5. The summed E-state index contributed by atoms with van der Waals surface area (Å²) < 4.78 is 6.81. The van der Waals surface area contributed by atoms with Crippen molar-refractivity contribution in [3.05, 3.63) is 77.1 Å². The number of hydrogen-bond acceptors (Lipinski definition) is 4. The predicted octanol–water partition coefficient (Wildman–Crippen LogP) is 3.85. The normalized spacial score (nSPS) is 10.5. The summed E-state index contributed by atoms with van der Waals surface area (Å²) in [6, 6.07) is 16.5. The topological polar surface area (TPSA) is 73.2 Å². The van der Waals surface area contributed by atoms with Crippen LogP contribution in [0.4, 0.5) is 5.69 Å². The van der Waals surface area contributed by atoms with Crippen LogP contribution in [0.3, 0.4) is 0 Å². The van der Waals surface area contributed by atoms with Crippen molar-refractivity contribution in [3.63, 3.8) is 0 Å². The minimum atomic E-state index is -0.375. The van der Waals surface area contributed by atoms with Gasteiger partial charge in [0.25, 0.3) is 0 Å². The molecule has 3 aromatic rings. The fourth-order valence-corrected chi connectivity index (χ4v) is 3.02. The smallest absolute Gasteiger partial charge is 0.338 e. The van der Waals surface area contributed by atoms with E-state index in [4.69, 9.17) is 4.74 Å². The third-order valence-electron chi connectivity index (χ3n) is 4.46. The van der Waals surface area contributed by atoms with E-state index in [1.54, 1.807) is 31.2 Å². The molecule has 6 heteroatoms. The number of nitrogens with zero attached hydrogens (tertiary/aromatic N) is 2.